The van der Waals surface area contributed by atoms with E-state index >= 15 is 0 Å². The molecule has 2 rings (SSSR count). The van der Waals surface area contributed by atoms with Gasteiger partial charge in [-0.15, -0.1) is 0 Å². The van der Waals surface area contributed by atoms with Crippen LogP contribution in [0.15, 0.2) is 24.3 Å². The highest BCUT2D eigenvalue weighted by Crippen LogP contribution is 2.12. The minimum Gasteiger partial charge on any atom is -0.508 e. The second-order valence-corrected chi connectivity index (χ2v) is 6.35. The molecule has 1 aromatic carbocycles. The maximum atomic E-state index is 12.0. The summed E-state index contributed by atoms with van der Waals surface area (Å²) in [6.45, 7) is 2.94. The van der Waals surface area contributed by atoms with E-state index in [0.29, 0.717) is 0 Å². The number of amides is 1. The normalized spacial score (nSPS) is 20.4. The van der Waals surface area contributed by atoms with Gasteiger partial charge in [0.1, 0.15) is 5.75 Å². The van der Waals surface area contributed by atoms with Gasteiger partial charge in [0.15, 0.2) is 0 Å². The number of rotatable bonds is 5. The van der Waals surface area contributed by atoms with E-state index in [4.69, 9.17) is 0 Å². The molecule has 0 aromatic heterocycles. The SMILES string of the molecule is CC(CCc1ccc(O)cc1)NC(=O)C1CSCCN1. The minimum atomic E-state index is -0.0510. The minimum absolute atomic E-state index is 0.0510. The summed E-state index contributed by atoms with van der Waals surface area (Å²) < 4.78 is 0. The Morgan fingerprint density at radius 2 is 2.25 bits per heavy atom. The molecule has 0 bridgehead atoms. The van der Waals surface area contributed by atoms with Crippen LogP contribution in [0.1, 0.15) is 18.9 Å². The first-order valence-corrected chi connectivity index (χ1v) is 8.20. The lowest BCUT2D eigenvalue weighted by Gasteiger charge is -2.24. The second kappa shape index (κ2) is 7.55. The number of aryl methyl sites for hydroxylation is 1. The molecule has 1 aromatic rings. The van der Waals surface area contributed by atoms with E-state index in [-0.39, 0.29) is 23.7 Å². The summed E-state index contributed by atoms with van der Waals surface area (Å²) in [4.78, 5) is 12.0. The largest absolute Gasteiger partial charge is 0.508 e. The third-order valence-electron chi connectivity index (χ3n) is 3.43. The van der Waals surface area contributed by atoms with Gasteiger partial charge >= 0.3 is 0 Å². The molecule has 0 aliphatic carbocycles. The maximum Gasteiger partial charge on any atom is 0.238 e. The summed E-state index contributed by atoms with van der Waals surface area (Å²) in [5.41, 5.74) is 1.18. The fraction of sp³-hybridized carbons (Fsp3) is 0.533. The number of carbonyl (C=O) groups is 1. The molecule has 3 N–H and O–H groups in total. The summed E-state index contributed by atoms with van der Waals surface area (Å²) in [7, 11) is 0. The van der Waals surface area contributed by atoms with Crippen LogP contribution in [0.25, 0.3) is 0 Å². The van der Waals surface area contributed by atoms with Gasteiger partial charge in [-0.05, 0) is 37.5 Å². The standard InChI is InChI=1S/C15H22N2O2S/c1-11(2-3-12-4-6-13(18)7-5-12)17-15(19)14-10-20-9-8-16-14/h4-7,11,14,16,18H,2-3,8-10H2,1H3,(H,17,19). The van der Waals surface area contributed by atoms with Crippen LogP contribution in [0, 0.1) is 0 Å². The molecule has 20 heavy (non-hydrogen) atoms. The van der Waals surface area contributed by atoms with Crippen LogP contribution >= 0.6 is 11.8 Å². The Bertz CT molecular complexity index is 430. The van der Waals surface area contributed by atoms with Crippen LogP contribution in [0.4, 0.5) is 0 Å². The Balaban J connectivity index is 1.73. The van der Waals surface area contributed by atoms with Crippen LogP contribution in [-0.4, -0.2) is 41.1 Å². The number of carbonyl (C=O) groups excluding carboxylic acids is 1. The average molecular weight is 294 g/mol. The first-order valence-electron chi connectivity index (χ1n) is 7.04. The molecular formula is C15H22N2O2S. The molecule has 1 aliphatic rings. The summed E-state index contributed by atoms with van der Waals surface area (Å²) >= 11 is 1.82. The van der Waals surface area contributed by atoms with Gasteiger partial charge in [-0.3, -0.25) is 4.79 Å². The molecule has 4 nitrogen and oxygen atoms in total. The molecule has 1 fully saturated rings. The van der Waals surface area contributed by atoms with Crippen molar-refractivity contribution in [3.8, 4) is 5.75 Å². The van der Waals surface area contributed by atoms with E-state index in [1.54, 1.807) is 12.1 Å². The molecule has 0 saturated carbocycles. The second-order valence-electron chi connectivity index (χ2n) is 5.20. The van der Waals surface area contributed by atoms with E-state index in [2.05, 4.69) is 10.6 Å². The van der Waals surface area contributed by atoms with Crippen molar-refractivity contribution in [3.05, 3.63) is 29.8 Å². The highest BCUT2D eigenvalue weighted by Gasteiger charge is 2.21. The van der Waals surface area contributed by atoms with Gasteiger partial charge in [0.05, 0.1) is 6.04 Å². The molecule has 0 radical (unpaired) electrons. The number of hydrogen-bond donors (Lipinski definition) is 3. The van der Waals surface area contributed by atoms with Gasteiger partial charge in [-0.25, -0.2) is 0 Å². The first-order chi connectivity index (χ1) is 9.65. The number of nitrogens with one attached hydrogen (secondary N) is 2. The highest BCUT2D eigenvalue weighted by molar-refractivity contribution is 7.99. The monoisotopic (exact) mass is 294 g/mol. The summed E-state index contributed by atoms with van der Waals surface area (Å²) in [6, 6.07) is 7.34. The summed E-state index contributed by atoms with van der Waals surface area (Å²) in [5.74, 6) is 2.34. The smallest absolute Gasteiger partial charge is 0.238 e. The maximum absolute atomic E-state index is 12.0. The van der Waals surface area contributed by atoms with Gasteiger partial charge in [0.25, 0.3) is 0 Å². The van der Waals surface area contributed by atoms with E-state index in [1.807, 2.05) is 30.8 Å². The first kappa shape index (κ1) is 15.2. The predicted molar refractivity (Wildman–Crippen MR) is 83.1 cm³/mol. The fourth-order valence-electron chi connectivity index (χ4n) is 2.20. The summed E-state index contributed by atoms with van der Waals surface area (Å²) in [6.07, 6.45) is 1.80. The number of phenolic OH excluding ortho intramolecular Hbond substituents is 1. The van der Waals surface area contributed by atoms with E-state index in [0.717, 1.165) is 30.9 Å². The zero-order valence-electron chi connectivity index (χ0n) is 11.8. The molecule has 2 atom stereocenters. The molecule has 0 spiro atoms. The quantitative estimate of drug-likeness (QED) is 0.771. The van der Waals surface area contributed by atoms with Crippen LogP contribution < -0.4 is 10.6 Å². The van der Waals surface area contributed by atoms with E-state index in [1.165, 1.54) is 5.56 Å². The van der Waals surface area contributed by atoms with Crippen LogP contribution in [0.5, 0.6) is 5.75 Å². The number of benzene rings is 1. The molecule has 2 unspecified atom stereocenters. The van der Waals surface area contributed by atoms with E-state index in [9.17, 15) is 9.90 Å². The van der Waals surface area contributed by atoms with Crippen molar-refractivity contribution in [2.75, 3.05) is 18.1 Å². The van der Waals surface area contributed by atoms with Crippen LogP contribution in [-0.2, 0) is 11.2 Å². The van der Waals surface area contributed by atoms with Crippen molar-refractivity contribution < 1.29 is 9.90 Å². The Labute approximate surface area is 124 Å². The number of hydrogen-bond acceptors (Lipinski definition) is 4. The Kier molecular flexibility index (Phi) is 5.73. The molecule has 1 aliphatic heterocycles. The molecular weight excluding hydrogens is 272 g/mol. The number of phenols is 1. The molecule has 1 amide bonds. The summed E-state index contributed by atoms with van der Waals surface area (Å²) in [5, 5.41) is 15.5. The van der Waals surface area contributed by atoms with Crippen molar-refractivity contribution in [1.29, 1.82) is 0 Å². The third kappa shape index (κ3) is 4.72. The zero-order chi connectivity index (χ0) is 14.4. The molecule has 1 heterocycles. The highest BCUT2D eigenvalue weighted by atomic mass is 32.2. The topological polar surface area (TPSA) is 61.4 Å². The Hall–Kier alpha value is -1.20. The van der Waals surface area contributed by atoms with Crippen molar-refractivity contribution in [2.45, 2.75) is 31.8 Å². The lowest BCUT2D eigenvalue weighted by Crippen LogP contribution is -2.51. The lowest BCUT2D eigenvalue weighted by molar-refractivity contribution is -0.123. The number of aromatic hydroxyl groups is 1. The van der Waals surface area contributed by atoms with Crippen molar-refractivity contribution >= 4 is 17.7 Å². The van der Waals surface area contributed by atoms with Crippen molar-refractivity contribution in [2.24, 2.45) is 0 Å². The molecule has 1 saturated heterocycles. The third-order valence-corrected chi connectivity index (χ3v) is 4.49. The van der Waals surface area contributed by atoms with Gasteiger partial charge in [0, 0.05) is 24.1 Å². The Morgan fingerprint density at radius 1 is 1.50 bits per heavy atom. The van der Waals surface area contributed by atoms with Gasteiger partial charge in [0.2, 0.25) is 5.91 Å². The van der Waals surface area contributed by atoms with Crippen LogP contribution in [0.3, 0.4) is 0 Å². The van der Waals surface area contributed by atoms with Crippen molar-refractivity contribution in [3.63, 3.8) is 0 Å². The van der Waals surface area contributed by atoms with Gasteiger partial charge in [-0.1, -0.05) is 12.1 Å². The zero-order valence-corrected chi connectivity index (χ0v) is 12.6. The van der Waals surface area contributed by atoms with Crippen LogP contribution in [0.2, 0.25) is 0 Å². The lowest BCUT2D eigenvalue weighted by atomic mass is 10.1. The van der Waals surface area contributed by atoms with Gasteiger partial charge < -0.3 is 15.7 Å². The predicted octanol–water partition coefficient (Wildman–Crippen LogP) is 1.53. The molecule has 110 valence electrons. The fourth-order valence-corrected chi connectivity index (χ4v) is 3.13. The number of thioether (sulfide) groups is 1. The van der Waals surface area contributed by atoms with Crippen molar-refractivity contribution in [1.82, 2.24) is 10.6 Å². The van der Waals surface area contributed by atoms with Gasteiger partial charge in [-0.2, -0.15) is 11.8 Å². The Morgan fingerprint density at radius 3 is 2.90 bits per heavy atom. The van der Waals surface area contributed by atoms with E-state index < -0.39 is 0 Å². The molecule has 5 heteroatoms. The average Bonchev–Trinajstić information content (AvgIpc) is 2.47.